The van der Waals surface area contributed by atoms with E-state index < -0.39 is 12.1 Å². The summed E-state index contributed by atoms with van der Waals surface area (Å²) in [5, 5.41) is 3.10. The third-order valence-electron chi connectivity index (χ3n) is 3.68. The van der Waals surface area contributed by atoms with Gasteiger partial charge in [0.15, 0.2) is 0 Å². The molecule has 1 N–H and O–H groups in total. The molecule has 2 aliphatic rings. The van der Waals surface area contributed by atoms with Crippen LogP contribution >= 0.6 is 12.4 Å². The highest BCUT2D eigenvalue weighted by Crippen LogP contribution is 2.34. The molecular formula is C11H18ClF3N2O. The van der Waals surface area contributed by atoms with Crippen molar-refractivity contribution in [1.29, 1.82) is 0 Å². The van der Waals surface area contributed by atoms with E-state index in [0.717, 1.165) is 13.0 Å². The fraction of sp³-hybridized carbons (Fsp3) is 0.909. The Morgan fingerprint density at radius 1 is 1.17 bits per heavy atom. The predicted octanol–water partition coefficient (Wildman–Crippen LogP) is 1.82. The van der Waals surface area contributed by atoms with Crippen LogP contribution in [0.25, 0.3) is 0 Å². The molecule has 2 aliphatic heterocycles. The Morgan fingerprint density at radius 2 is 1.78 bits per heavy atom. The summed E-state index contributed by atoms with van der Waals surface area (Å²) >= 11 is 0. The van der Waals surface area contributed by atoms with Gasteiger partial charge in [0.25, 0.3) is 0 Å². The van der Waals surface area contributed by atoms with Crippen LogP contribution in [0.3, 0.4) is 0 Å². The molecule has 2 heterocycles. The molecule has 0 aromatic carbocycles. The highest BCUT2D eigenvalue weighted by Gasteiger charge is 2.42. The molecule has 2 rings (SSSR count). The second-order valence-corrected chi connectivity index (χ2v) is 4.83. The number of likely N-dealkylation sites (tertiary alicyclic amines) is 1. The topological polar surface area (TPSA) is 32.3 Å². The Kier molecular flexibility index (Phi) is 5.28. The standard InChI is InChI=1S/C11H17F3N2O.ClH/c12-11(13,14)9-2-5-16(6-3-9)10(17)8-1-4-15-7-8;/h8-9,15H,1-7H2;1H. The lowest BCUT2D eigenvalue weighted by Gasteiger charge is -2.34. The Labute approximate surface area is 110 Å². The van der Waals surface area contributed by atoms with Crippen LogP contribution in [0.1, 0.15) is 19.3 Å². The van der Waals surface area contributed by atoms with E-state index in [2.05, 4.69) is 5.32 Å². The zero-order valence-corrected chi connectivity index (χ0v) is 10.8. The van der Waals surface area contributed by atoms with Gasteiger partial charge in [-0.25, -0.2) is 0 Å². The predicted molar refractivity (Wildman–Crippen MR) is 63.6 cm³/mol. The summed E-state index contributed by atoms with van der Waals surface area (Å²) in [5.41, 5.74) is 0. The molecule has 1 unspecified atom stereocenters. The van der Waals surface area contributed by atoms with Gasteiger partial charge in [0.2, 0.25) is 5.91 Å². The van der Waals surface area contributed by atoms with E-state index in [1.165, 1.54) is 0 Å². The number of amides is 1. The molecular weight excluding hydrogens is 269 g/mol. The van der Waals surface area contributed by atoms with Crippen molar-refractivity contribution in [3.8, 4) is 0 Å². The van der Waals surface area contributed by atoms with Crippen molar-refractivity contribution < 1.29 is 18.0 Å². The van der Waals surface area contributed by atoms with Gasteiger partial charge in [0.1, 0.15) is 0 Å². The number of nitrogens with zero attached hydrogens (tertiary/aromatic N) is 1. The molecule has 106 valence electrons. The molecule has 1 atom stereocenters. The summed E-state index contributed by atoms with van der Waals surface area (Å²) in [5.74, 6) is -1.23. The minimum atomic E-state index is -4.11. The van der Waals surface area contributed by atoms with Gasteiger partial charge in [0, 0.05) is 19.6 Å². The van der Waals surface area contributed by atoms with Gasteiger partial charge in [-0.3, -0.25) is 4.79 Å². The van der Waals surface area contributed by atoms with E-state index in [9.17, 15) is 18.0 Å². The third-order valence-corrected chi connectivity index (χ3v) is 3.68. The second-order valence-electron chi connectivity index (χ2n) is 4.83. The lowest BCUT2D eigenvalue weighted by atomic mass is 9.95. The fourth-order valence-corrected chi connectivity index (χ4v) is 2.55. The van der Waals surface area contributed by atoms with Gasteiger partial charge in [-0.05, 0) is 25.8 Å². The normalized spacial score (nSPS) is 25.9. The van der Waals surface area contributed by atoms with Gasteiger partial charge in [0.05, 0.1) is 11.8 Å². The van der Waals surface area contributed by atoms with Gasteiger partial charge < -0.3 is 10.2 Å². The molecule has 0 spiro atoms. The minimum absolute atomic E-state index is 0. The molecule has 7 heteroatoms. The van der Waals surface area contributed by atoms with Gasteiger partial charge in [-0.1, -0.05) is 0 Å². The second kappa shape index (κ2) is 6.10. The first kappa shape index (κ1) is 15.6. The molecule has 0 aromatic heterocycles. The van der Waals surface area contributed by atoms with E-state index in [1.54, 1.807) is 4.90 Å². The molecule has 2 fully saturated rings. The van der Waals surface area contributed by atoms with Gasteiger partial charge in [-0.2, -0.15) is 13.2 Å². The summed E-state index contributed by atoms with van der Waals surface area (Å²) in [6, 6.07) is 0. The van der Waals surface area contributed by atoms with Gasteiger partial charge >= 0.3 is 6.18 Å². The molecule has 2 saturated heterocycles. The number of carbonyl (C=O) groups excluding carboxylic acids is 1. The molecule has 0 radical (unpaired) electrons. The van der Waals surface area contributed by atoms with E-state index in [0.29, 0.717) is 6.54 Å². The lowest BCUT2D eigenvalue weighted by molar-refractivity contribution is -0.186. The van der Waals surface area contributed by atoms with Crippen molar-refractivity contribution in [1.82, 2.24) is 10.2 Å². The zero-order chi connectivity index (χ0) is 12.5. The number of carbonyl (C=O) groups is 1. The minimum Gasteiger partial charge on any atom is -0.342 e. The van der Waals surface area contributed by atoms with Crippen LogP contribution in [0.4, 0.5) is 13.2 Å². The SMILES string of the molecule is Cl.O=C(C1CCNC1)N1CCC(C(F)(F)F)CC1. The van der Waals surface area contributed by atoms with Crippen LogP contribution < -0.4 is 5.32 Å². The van der Waals surface area contributed by atoms with E-state index >= 15 is 0 Å². The third kappa shape index (κ3) is 3.51. The van der Waals surface area contributed by atoms with Crippen LogP contribution in [0.2, 0.25) is 0 Å². The quantitative estimate of drug-likeness (QED) is 0.797. The van der Waals surface area contributed by atoms with E-state index in [1.807, 2.05) is 0 Å². The molecule has 0 bridgehead atoms. The molecule has 18 heavy (non-hydrogen) atoms. The first-order chi connectivity index (χ1) is 7.98. The summed E-state index contributed by atoms with van der Waals surface area (Å²) in [6.45, 7) is 1.99. The molecule has 3 nitrogen and oxygen atoms in total. The van der Waals surface area contributed by atoms with Crippen LogP contribution in [0.15, 0.2) is 0 Å². The lowest BCUT2D eigenvalue weighted by Crippen LogP contribution is -2.44. The van der Waals surface area contributed by atoms with Crippen LogP contribution in [0, 0.1) is 11.8 Å². The summed E-state index contributed by atoms with van der Waals surface area (Å²) < 4.78 is 37.4. The smallest absolute Gasteiger partial charge is 0.342 e. The first-order valence-corrected chi connectivity index (χ1v) is 6.04. The zero-order valence-electron chi connectivity index (χ0n) is 10.0. The Morgan fingerprint density at radius 3 is 2.22 bits per heavy atom. The Bertz CT molecular complexity index is 285. The maximum Gasteiger partial charge on any atom is 0.391 e. The van der Waals surface area contributed by atoms with Crippen LogP contribution in [0.5, 0.6) is 0 Å². The van der Waals surface area contributed by atoms with Crippen LogP contribution in [-0.2, 0) is 4.79 Å². The Hall–Kier alpha value is -0.490. The maximum atomic E-state index is 12.5. The van der Waals surface area contributed by atoms with Crippen molar-refractivity contribution in [2.24, 2.45) is 11.8 Å². The highest BCUT2D eigenvalue weighted by molar-refractivity contribution is 5.85. The number of hydrogen-bond acceptors (Lipinski definition) is 2. The average Bonchev–Trinajstić information content (AvgIpc) is 2.80. The van der Waals surface area contributed by atoms with Crippen LogP contribution in [-0.4, -0.2) is 43.2 Å². The van der Waals surface area contributed by atoms with Crippen molar-refractivity contribution in [3.05, 3.63) is 0 Å². The van der Waals surface area contributed by atoms with E-state index in [-0.39, 0.29) is 50.2 Å². The number of piperidine rings is 1. The van der Waals surface area contributed by atoms with Gasteiger partial charge in [-0.15, -0.1) is 12.4 Å². The monoisotopic (exact) mass is 286 g/mol. The van der Waals surface area contributed by atoms with Crippen molar-refractivity contribution in [2.75, 3.05) is 26.2 Å². The van der Waals surface area contributed by atoms with Crippen molar-refractivity contribution >= 4 is 18.3 Å². The highest BCUT2D eigenvalue weighted by atomic mass is 35.5. The Balaban J connectivity index is 0.00000162. The number of nitrogens with one attached hydrogen (secondary N) is 1. The summed E-state index contributed by atoms with van der Waals surface area (Å²) in [4.78, 5) is 13.6. The molecule has 0 aromatic rings. The van der Waals surface area contributed by atoms with Crippen molar-refractivity contribution in [2.45, 2.75) is 25.4 Å². The average molecular weight is 287 g/mol. The first-order valence-electron chi connectivity index (χ1n) is 6.04. The summed E-state index contributed by atoms with van der Waals surface area (Å²) in [7, 11) is 0. The number of rotatable bonds is 1. The molecule has 1 amide bonds. The molecule has 0 saturated carbocycles. The number of alkyl halides is 3. The molecule has 0 aliphatic carbocycles. The fourth-order valence-electron chi connectivity index (χ4n) is 2.55. The maximum absolute atomic E-state index is 12.5. The largest absolute Gasteiger partial charge is 0.391 e. The number of hydrogen-bond donors (Lipinski definition) is 1. The van der Waals surface area contributed by atoms with E-state index in [4.69, 9.17) is 0 Å². The summed E-state index contributed by atoms with van der Waals surface area (Å²) in [6.07, 6.45) is -3.20. The van der Waals surface area contributed by atoms with Crippen molar-refractivity contribution in [3.63, 3.8) is 0 Å². The number of halogens is 4.